The van der Waals surface area contributed by atoms with Crippen molar-refractivity contribution < 1.29 is 9.48 Å². The number of quaternary nitrogens is 1. The standard InChI is InChI=1S/C13H22NO/c1-8-3-9-6-13-10-5-11(9)12(4-8)14(2,7-10)15-13/h8-13H,3-7H2,1-2H3/q+1. The topological polar surface area (TPSA) is 9.23 Å². The minimum absolute atomic E-state index is 0.617. The molecule has 0 spiro atoms. The van der Waals surface area contributed by atoms with E-state index in [4.69, 9.17) is 4.84 Å². The van der Waals surface area contributed by atoms with E-state index in [1.165, 1.54) is 32.2 Å². The van der Waals surface area contributed by atoms with Gasteiger partial charge in [-0.15, -0.1) is 0 Å². The summed E-state index contributed by atoms with van der Waals surface area (Å²) >= 11 is 0. The Bertz CT molecular complexity index is 305. The molecule has 2 saturated heterocycles. The number of hydrogen-bond donors (Lipinski definition) is 0. The molecule has 7 unspecified atom stereocenters. The molecule has 0 aromatic rings. The van der Waals surface area contributed by atoms with Crippen LogP contribution in [-0.4, -0.2) is 30.4 Å². The summed E-state index contributed by atoms with van der Waals surface area (Å²) < 4.78 is 0.973. The lowest BCUT2D eigenvalue weighted by molar-refractivity contribution is -1.10. The molecule has 4 aliphatic rings. The van der Waals surface area contributed by atoms with Crippen molar-refractivity contribution in [3.05, 3.63) is 0 Å². The maximum atomic E-state index is 6.36. The zero-order valence-electron chi connectivity index (χ0n) is 9.86. The second-order valence-corrected chi connectivity index (χ2v) is 6.80. The molecule has 7 atom stereocenters. The highest BCUT2D eigenvalue weighted by molar-refractivity contribution is 4.98. The zero-order chi connectivity index (χ0) is 10.2. The lowest BCUT2D eigenvalue weighted by atomic mass is 9.60. The third-order valence-corrected chi connectivity index (χ3v) is 5.76. The smallest absolute Gasteiger partial charge is 0.125 e. The van der Waals surface area contributed by atoms with Crippen LogP contribution < -0.4 is 0 Å². The number of hydrogen-bond acceptors (Lipinski definition) is 1. The van der Waals surface area contributed by atoms with Gasteiger partial charge in [0, 0.05) is 18.3 Å². The minimum Gasteiger partial charge on any atom is -0.199 e. The molecular formula is C13H22NO+. The summed E-state index contributed by atoms with van der Waals surface area (Å²) in [6.45, 7) is 3.76. The summed E-state index contributed by atoms with van der Waals surface area (Å²) in [5.74, 6) is 3.84. The maximum Gasteiger partial charge on any atom is 0.125 e. The Morgan fingerprint density at radius 2 is 1.93 bits per heavy atom. The van der Waals surface area contributed by atoms with Gasteiger partial charge in [0.2, 0.25) is 0 Å². The molecule has 2 aliphatic carbocycles. The highest BCUT2D eigenvalue weighted by atomic mass is 16.7. The second-order valence-electron chi connectivity index (χ2n) is 6.80. The fourth-order valence-electron chi connectivity index (χ4n) is 5.28. The van der Waals surface area contributed by atoms with E-state index in [9.17, 15) is 0 Å². The van der Waals surface area contributed by atoms with Crippen LogP contribution in [0.2, 0.25) is 0 Å². The third-order valence-electron chi connectivity index (χ3n) is 5.76. The number of fused-ring (bicyclic) bond motifs is 2. The molecule has 2 aliphatic heterocycles. The summed E-state index contributed by atoms with van der Waals surface area (Å²) in [5.41, 5.74) is 0. The van der Waals surface area contributed by atoms with Crippen LogP contribution in [0.1, 0.15) is 32.6 Å². The molecule has 4 rings (SSSR count). The van der Waals surface area contributed by atoms with E-state index in [0.717, 1.165) is 34.4 Å². The van der Waals surface area contributed by atoms with Crippen LogP contribution in [0, 0.1) is 23.7 Å². The van der Waals surface area contributed by atoms with Gasteiger partial charge in [-0.2, -0.15) is 9.48 Å². The molecule has 0 aromatic heterocycles. The summed E-state index contributed by atoms with van der Waals surface area (Å²) in [6.07, 6.45) is 6.38. The van der Waals surface area contributed by atoms with Gasteiger partial charge >= 0.3 is 0 Å². The summed E-state index contributed by atoms with van der Waals surface area (Å²) in [7, 11) is 2.35. The average Bonchev–Trinajstić information content (AvgIpc) is 2.42. The van der Waals surface area contributed by atoms with Crippen LogP contribution >= 0.6 is 0 Å². The van der Waals surface area contributed by atoms with Gasteiger partial charge in [-0.3, -0.25) is 0 Å². The first-order valence-corrected chi connectivity index (χ1v) is 6.69. The van der Waals surface area contributed by atoms with E-state index in [0.29, 0.717) is 6.10 Å². The highest BCUT2D eigenvalue weighted by Gasteiger charge is 2.63. The van der Waals surface area contributed by atoms with E-state index in [1.54, 1.807) is 0 Å². The van der Waals surface area contributed by atoms with E-state index in [-0.39, 0.29) is 0 Å². The van der Waals surface area contributed by atoms with Crippen molar-refractivity contribution >= 4 is 0 Å². The van der Waals surface area contributed by atoms with Gasteiger partial charge in [-0.05, 0) is 31.1 Å². The lowest BCUT2D eigenvalue weighted by Gasteiger charge is -2.49. The van der Waals surface area contributed by atoms with Crippen LogP contribution in [0.15, 0.2) is 0 Å². The summed E-state index contributed by atoms with van der Waals surface area (Å²) in [4.78, 5) is 6.36. The Morgan fingerprint density at radius 1 is 1.07 bits per heavy atom. The average molecular weight is 208 g/mol. The van der Waals surface area contributed by atoms with Crippen molar-refractivity contribution in [2.24, 2.45) is 23.7 Å². The SMILES string of the molecule is CC1CC2CC3O[N+]4(C)CC3CC2C4C1. The number of hydroxylamine groups is 3. The monoisotopic (exact) mass is 208 g/mol. The normalized spacial score (nSPS) is 66.0. The first-order valence-electron chi connectivity index (χ1n) is 6.69. The first kappa shape index (κ1) is 9.00. The van der Waals surface area contributed by atoms with Gasteiger partial charge < -0.3 is 0 Å². The molecule has 15 heavy (non-hydrogen) atoms. The maximum absolute atomic E-state index is 6.36. The third kappa shape index (κ3) is 1.03. The molecular weight excluding hydrogens is 186 g/mol. The number of nitrogens with zero attached hydrogens (tertiary/aromatic N) is 1. The van der Waals surface area contributed by atoms with Crippen molar-refractivity contribution in [2.45, 2.75) is 44.8 Å². The predicted molar refractivity (Wildman–Crippen MR) is 57.8 cm³/mol. The molecule has 2 saturated carbocycles. The molecule has 2 nitrogen and oxygen atoms in total. The molecule has 0 N–H and O–H groups in total. The molecule has 0 radical (unpaired) electrons. The minimum atomic E-state index is 0.617. The van der Waals surface area contributed by atoms with Crippen molar-refractivity contribution in [2.75, 3.05) is 13.6 Å². The number of piperidine rings is 1. The largest absolute Gasteiger partial charge is 0.199 e. The summed E-state index contributed by atoms with van der Waals surface area (Å²) in [5, 5.41) is 0. The fourth-order valence-corrected chi connectivity index (χ4v) is 5.28. The molecule has 84 valence electrons. The van der Waals surface area contributed by atoms with Crippen molar-refractivity contribution in [3.8, 4) is 0 Å². The van der Waals surface area contributed by atoms with Crippen LogP contribution in [0.25, 0.3) is 0 Å². The Balaban J connectivity index is 1.79. The van der Waals surface area contributed by atoms with E-state index in [1.807, 2.05) is 0 Å². The van der Waals surface area contributed by atoms with Crippen LogP contribution in [0.3, 0.4) is 0 Å². The van der Waals surface area contributed by atoms with Crippen molar-refractivity contribution in [1.29, 1.82) is 0 Å². The Hall–Kier alpha value is -0.0800. The Morgan fingerprint density at radius 3 is 2.80 bits per heavy atom. The molecule has 2 heterocycles. The Kier molecular flexibility index (Phi) is 1.56. The van der Waals surface area contributed by atoms with Gasteiger partial charge in [-0.25, -0.2) is 0 Å². The van der Waals surface area contributed by atoms with Crippen LogP contribution in [0.5, 0.6) is 0 Å². The molecule has 0 aromatic carbocycles. The molecule has 2 heteroatoms. The highest BCUT2D eigenvalue weighted by Crippen LogP contribution is 2.56. The Labute approximate surface area is 92.1 Å². The quantitative estimate of drug-likeness (QED) is 0.555. The van der Waals surface area contributed by atoms with Crippen molar-refractivity contribution in [1.82, 2.24) is 0 Å². The van der Waals surface area contributed by atoms with E-state index in [2.05, 4.69) is 14.0 Å². The molecule has 0 amide bonds. The zero-order valence-corrected chi connectivity index (χ0v) is 9.86. The number of rotatable bonds is 0. The predicted octanol–water partition coefficient (Wildman–Crippen LogP) is 2.20. The van der Waals surface area contributed by atoms with E-state index >= 15 is 0 Å². The van der Waals surface area contributed by atoms with Gasteiger partial charge in [0.1, 0.15) is 18.7 Å². The first-order chi connectivity index (χ1) is 7.16. The van der Waals surface area contributed by atoms with Crippen LogP contribution in [0.4, 0.5) is 0 Å². The molecule has 4 fully saturated rings. The second kappa shape index (κ2) is 2.60. The van der Waals surface area contributed by atoms with E-state index < -0.39 is 0 Å². The van der Waals surface area contributed by atoms with Gasteiger partial charge in [0.15, 0.2) is 0 Å². The lowest BCUT2D eigenvalue weighted by Crippen LogP contribution is -2.59. The fraction of sp³-hybridized carbons (Fsp3) is 1.00. The van der Waals surface area contributed by atoms with Crippen LogP contribution in [-0.2, 0) is 4.84 Å². The summed E-state index contributed by atoms with van der Waals surface area (Å²) in [6, 6.07) is 0.836. The van der Waals surface area contributed by atoms with Gasteiger partial charge in [0.25, 0.3) is 0 Å². The van der Waals surface area contributed by atoms with Crippen molar-refractivity contribution in [3.63, 3.8) is 0 Å². The van der Waals surface area contributed by atoms with Gasteiger partial charge in [-0.1, -0.05) is 6.92 Å². The molecule has 3 bridgehead atoms. The van der Waals surface area contributed by atoms with Gasteiger partial charge in [0.05, 0.1) is 7.05 Å².